The zero-order valence-corrected chi connectivity index (χ0v) is 40.9. The van der Waals surface area contributed by atoms with Crippen molar-refractivity contribution in [1.29, 1.82) is 0 Å². The maximum atomic E-state index is 14.3. The van der Waals surface area contributed by atoms with Gasteiger partial charge in [0.25, 0.3) is 0 Å². The minimum absolute atomic E-state index is 0.0631. The fourth-order valence-electron chi connectivity index (χ4n) is 8.01. The van der Waals surface area contributed by atoms with Gasteiger partial charge in [-0.15, -0.1) is 0 Å². The number of hydrogen-bond donors (Lipinski definition) is 11. The smallest absolute Gasteiger partial charge is 0.326 e. The minimum Gasteiger partial charge on any atom is -0.508 e. The van der Waals surface area contributed by atoms with Crippen molar-refractivity contribution in [2.45, 2.75) is 154 Å². The number of aromatic hydroxyl groups is 1. The van der Waals surface area contributed by atoms with Gasteiger partial charge in [-0.25, -0.2) is 4.79 Å². The highest BCUT2D eigenvalue weighted by molar-refractivity contribution is 5.98. The van der Waals surface area contributed by atoms with Crippen LogP contribution >= 0.6 is 0 Å². The Kier molecular flexibility index (Phi) is 23.7. The van der Waals surface area contributed by atoms with E-state index in [0.717, 1.165) is 5.56 Å². The lowest BCUT2D eigenvalue weighted by Gasteiger charge is -2.31. The van der Waals surface area contributed by atoms with Gasteiger partial charge < -0.3 is 64.2 Å². The molecule has 0 unspecified atom stereocenters. The summed E-state index contributed by atoms with van der Waals surface area (Å²) in [5.74, 6) is -7.35. The number of carboxylic acid groups (broad SMARTS) is 1. The van der Waals surface area contributed by atoms with Gasteiger partial charge in [0.05, 0.1) is 6.04 Å². The first-order valence-electron chi connectivity index (χ1n) is 24.0. The molecule has 21 heteroatoms. The summed E-state index contributed by atoms with van der Waals surface area (Å²) in [5.41, 5.74) is 18.5. The summed E-state index contributed by atoms with van der Waals surface area (Å²) >= 11 is 0. The van der Waals surface area contributed by atoms with E-state index in [-0.39, 0.29) is 75.5 Å². The third-order valence-corrected chi connectivity index (χ3v) is 11.8. The lowest BCUT2D eigenvalue weighted by molar-refractivity contribution is -0.143. The molecule has 0 bridgehead atoms. The van der Waals surface area contributed by atoms with Crippen molar-refractivity contribution >= 4 is 53.2 Å². The number of unbranched alkanes of at least 4 members (excludes halogenated alkanes) is 1. The largest absolute Gasteiger partial charge is 0.508 e. The van der Waals surface area contributed by atoms with Crippen molar-refractivity contribution in [2.24, 2.45) is 29.0 Å². The summed E-state index contributed by atoms with van der Waals surface area (Å²) in [6, 6.07) is 5.36. The number of nitrogens with zero attached hydrogens (tertiary/aromatic N) is 1. The lowest BCUT2D eigenvalue weighted by Crippen LogP contribution is -2.60. The molecule has 21 nitrogen and oxygen atoms in total. The van der Waals surface area contributed by atoms with E-state index in [1.165, 1.54) is 36.1 Å². The summed E-state index contributed by atoms with van der Waals surface area (Å²) in [5, 5.41) is 35.6. The summed E-state index contributed by atoms with van der Waals surface area (Å²) in [7, 11) is 0. The number of phenols is 1. The molecule has 2 aromatic rings. The molecule has 8 amide bonds. The first-order chi connectivity index (χ1) is 33.1. The zero-order valence-electron chi connectivity index (χ0n) is 40.9. The molecule has 2 aromatic carbocycles. The van der Waals surface area contributed by atoms with Gasteiger partial charge in [-0.2, -0.15) is 0 Å². The van der Waals surface area contributed by atoms with Crippen molar-refractivity contribution in [3.8, 4) is 5.75 Å². The van der Waals surface area contributed by atoms with Crippen LogP contribution < -0.4 is 49.1 Å². The quantitative estimate of drug-likeness (QED) is 0.0479. The van der Waals surface area contributed by atoms with Gasteiger partial charge in [0.2, 0.25) is 47.3 Å². The van der Waals surface area contributed by atoms with Crippen LogP contribution in [0.2, 0.25) is 0 Å². The number of carboxylic acids is 1. The molecule has 0 spiro atoms. The Hall–Kier alpha value is -6.61. The predicted octanol–water partition coefficient (Wildman–Crippen LogP) is -0.00430. The first-order valence-corrected chi connectivity index (χ1v) is 24.0. The van der Waals surface area contributed by atoms with Crippen molar-refractivity contribution in [2.75, 3.05) is 13.1 Å². The van der Waals surface area contributed by atoms with E-state index in [9.17, 15) is 53.4 Å². The molecule has 0 aromatic heterocycles. The van der Waals surface area contributed by atoms with Crippen molar-refractivity contribution < 1.29 is 53.4 Å². The predicted molar refractivity (Wildman–Crippen MR) is 260 cm³/mol. The van der Waals surface area contributed by atoms with E-state index in [0.29, 0.717) is 31.4 Å². The normalized spacial score (nSPS) is 16.4. The molecular formula is C49H74N10O11. The fourth-order valence-corrected chi connectivity index (χ4v) is 8.01. The number of carbonyl (C=O) groups excluding carboxylic acids is 8. The number of aliphatic carboxylic acids is 1. The van der Waals surface area contributed by atoms with Gasteiger partial charge >= 0.3 is 5.97 Å². The van der Waals surface area contributed by atoms with E-state index in [1.807, 2.05) is 44.2 Å². The highest BCUT2D eigenvalue weighted by Crippen LogP contribution is 2.22. The van der Waals surface area contributed by atoms with Crippen molar-refractivity contribution in [1.82, 2.24) is 36.8 Å². The third-order valence-electron chi connectivity index (χ3n) is 11.8. The molecule has 386 valence electrons. The second-order valence-corrected chi connectivity index (χ2v) is 18.8. The van der Waals surface area contributed by atoms with Crippen LogP contribution in [0.3, 0.4) is 0 Å². The van der Waals surface area contributed by atoms with Crippen molar-refractivity contribution in [3.05, 3.63) is 65.7 Å². The minimum atomic E-state index is -1.46. The molecule has 0 radical (unpaired) electrons. The molecule has 8 atom stereocenters. The molecule has 1 saturated heterocycles. The lowest BCUT2D eigenvalue weighted by atomic mass is 10.00. The maximum absolute atomic E-state index is 14.3. The summed E-state index contributed by atoms with van der Waals surface area (Å²) < 4.78 is 0. The Labute approximate surface area is 409 Å². The van der Waals surface area contributed by atoms with E-state index < -0.39 is 102 Å². The second-order valence-electron chi connectivity index (χ2n) is 18.8. The van der Waals surface area contributed by atoms with E-state index >= 15 is 0 Å². The summed E-state index contributed by atoms with van der Waals surface area (Å²) in [6.45, 7) is 9.25. The third kappa shape index (κ3) is 19.4. The number of rotatable bonds is 29. The Morgan fingerprint density at radius 2 is 1.20 bits per heavy atom. The molecule has 1 fully saturated rings. The molecule has 14 N–H and O–H groups in total. The molecular weight excluding hydrogens is 905 g/mol. The van der Waals surface area contributed by atoms with Gasteiger partial charge in [-0.3, -0.25) is 38.4 Å². The van der Waals surface area contributed by atoms with Crippen LogP contribution in [0, 0.1) is 11.8 Å². The van der Waals surface area contributed by atoms with Crippen molar-refractivity contribution in [3.63, 3.8) is 0 Å². The van der Waals surface area contributed by atoms with Gasteiger partial charge in [0.15, 0.2) is 0 Å². The summed E-state index contributed by atoms with van der Waals surface area (Å²) in [6.07, 6.45) is 1.36. The molecule has 1 aliphatic rings. The Morgan fingerprint density at radius 1 is 0.643 bits per heavy atom. The molecule has 1 aliphatic heterocycles. The topological polar surface area (TPSA) is 348 Å². The zero-order chi connectivity index (χ0) is 52.1. The van der Waals surface area contributed by atoms with Crippen LogP contribution in [0.1, 0.15) is 104 Å². The molecule has 3 rings (SSSR count). The van der Waals surface area contributed by atoms with Crippen LogP contribution in [0.15, 0.2) is 54.6 Å². The van der Waals surface area contributed by atoms with E-state index in [1.54, 1.807) is 13.8 Å². The first kappa shape index (κ1) is 57.7. The fraction of sp³-hybridized carbons (Fsp3) is 0.571. The number of benzene rings is 2. The molecule has 0 saturated carbocycles. The highest BCUT2D eigenvalue weighted by Gasteiger charge is 2.40. The monoisotopic (exact) mass is 979 g/mol. The van der Waals surface area contributed by atoms with E-state index in [2.05, 4.69) is 31.9 Å². The maximum Gasteiger partial charge on any atom is 0.326 e. The van der Waals surface area contributed by atoms with E-state index in [4.69, 9.17) is 17.2 Å². The van der Waals surface area contributed by atoms with Crippen LogP contribution in [0.25, 0.3) is 0 Å². The number of primary amides is 1. The SMILES string of the molecule is CC(C)C[C@H](NC(=O)[C@H](Cc1ccc(O)cc1)NC(=O)[C@H](CCC(N)=O)NC(=O)[C@@H]1CCCN1C(=O)[C@H](CC(C)C)NC(=O)[C@H](C)NC(=O)[C@@H](N)Cc1ccccc1)C(=O)N[C@@H](CCCCN)C(=O)O. The van der Waals surface area contributed by atoms with Crippen LogP contribution in [0.4, 0.5) is 0 Å². The number of likely N-dealkylation sites (tertiary alicyclic amines) is 1. The average Bonchev–Trinajstić information content (AvgIpc) is 3.80. The molecule has 1 heterocycles. The number of amides is 8. The number of hydrogen-bond acceptors (Lipinski definition) is 12. The second kappa shape index (κ2) is 28.8. The van der Waals surface area contributed by atoms with Gasteiger partial charge in [0, 0.05) is 19.4 Å². The van der Waals surface area contributed by atoms with Gasteiger partial charge in [-0.05, 0) is 106 Å². The van der Waals surface area contributed by atoms with Crippen LogP contribution in [-0.4, -0.2) is 130 Å². The Balaban J connectivity index is 1.83. The Bertz CT molecular complexity index is 2090. The highest BCUT2D eigenvalue weighted by atomic mass is 16.4. The number of phenolic OH excluding ortho intramolecular Hbond substituents is 1. The van der Waals surface area contributed by atoms with Gasteiger partial charge in [0.1, 0.15) is 48.0 Å². The average molecular weight is 979 g/mol. The summed E-state index contributed by atoms with van der Waals surface area (Å²) in [4.78, 5) is 122. The van der Waals surface area contributed by atoms with Crippen LogP contribution in [0.5, 0.6) is 5.75 Å². The Morgan fingerprint density at radius 3 is 1.80 bits per heavy atom. The standard InChI is InChI=1S/C49H74N10O11/c1-28(2)24-37(45(65)55-36(49(69)70)14-9-10-22-50)56-46(66)38(27-32-16-18-33(60)19-17-32)57-44(64)35(20-21-41(52)61)54-47(67)40-15-11-23-59(40)48(68)39(25-29(3)4)58-42(62)30(5)53-43(63)34(51)26-31-12-7-6-8-13-31/h6-8,12-13,16-19,28-30,34-40,60H,9-11,14-15,20-27,50-51H2,1-5H3,(H2,52,61)(H,53,63)(H,54,67)(H,55,65)(H,56,66)(H,57,64)(H,58,62)(H,69,70)/t30-,34-,35-,36-,37-,38-,39-,40-/m0/s1. The van der Waals surface area contributed by atoms with Crippen LogP contribution in [-0.2, 0) is 56.0 Å². The number of nitrogens with two attached hydrogens (primary N) is 3. The molecule has 0 aliphatic carbocycles. The van der Waals surface area contributed by atoms with Gasteiger partial charge in [-0.1, -0.05) is 70.2 Å². The molecule has 70 heavy (non-hydrogen) atoms. The number of carbonyl (C=O) groups is 9. The number of nitrogens with one attached hydrogen (secondary N) is 6.